The molecule has 0 saturated carbocycles. The molecule has 0 amide bonds. The van der Waals surface area contributed by atoms with E-state index in [0.717, 1.165) is 0 Å². The molecule has 0 aliphatic heterocycles. The Morgan fingerprint density at radius 1 is 1.42 bits per heavy atom. The SMILES string of the molecule is CCO[S@@](=O)c1ccc(Cl)cc1. The Labute approximate surface area is 79.2 Å². The van der Waals surface area contributed by atoms with Crippen LogP contribution < -0.4 is 0 Å². The molecule has 0 N–H and O–H groups in total. The van der Waals surface area contributed by atoms with Crippen LogP contribution in [0.5, 0.6) is 0 Å². The molecule has 1 rings (SSSR count). The summed E-state index contributed by atoms with van der Waals surface area (Å²) < 4.78 is 16.1. The molecule has 0 aromatic heterocycles. The first-order valence-electron chi connectivity index (χ1n) is 3.54. The fraction of sp³-hybridized carbons (Fsp3) is 0.250. The second kappa shape index (κ2) is 4.60. The highest BCUT2D eigenvalue weighted by molar-refractivity contribution is 7.80. The van der Waals surface area contributed by atoms with Crippen LogP contribution in [0, 0.1) is 0 Å². The predicted octanol–water partition coefficient (Wildman–Crippen LogP) is 2.40. The van der Waals surface area contributed by atoms with Crippen LogP contribution >= 0.6 is 11.6 Å². The lowest BCUT2D eigenvalue weighted by Gasteiger charge is -1.99. The summed E-state index contributed by atoms with van der Waals surface area (Å²) in [6.45, 7) is 2.24. The molecule has 0 bridgehead atoms. The number of hydrogen-bond donors (Lipinski definition) is 0. The summed E-state index contributed by atoms with van der Waals surface area (Å²) in [6.07, 6.45) is 0. The summed E-state index contributed by atoms with van der Waals surface area (Å²) in [5.74, 6) is 0. The van der Waals surface area contributed by atoms with Crippen LogP contribution in [0.2, 0.25) is 5.02 Å². The van der Waals surface area contributed by atoms with Crippen molar-refractivity contribution in [3.05, 3.63) is 29.3 Å². The number of rotatable bonds is 3. The van der Waals surface area contributed by atoms with E-state index in [0.29, 0.717) is 16.5 Å². The van der Waals surface area contributed by atoms with Gasteiger partial charge < -0.3 is 0 Å². The van der Waals surface area contributed by atoms with E-state index in [4.69, 9.17) is 15.8 Å². The third kappa shape index (κ3) is 2.59. The molecule has 66 valence electrons. The molecule has 1 aromatic carbocycles. The summed E-state index contributed by atoms with van der Waals surface area (Å²) in [7, 11) is 0. The molecule has 1 atom stereocenters. The van der Waals surface area contributed by atoms with Gasteiger partial charge in [-0.1, -0.05) is 11.6 Å². The van der Waals surface area contributed by atoms with E-state index in [-0.39, 0.29) is 0 Å². The zero-order valence-corrected chi connectivity index (χ0v) is 8.19. The highest BCUT2D eigenvalue weighted by atomic mass is 35.5. The monoisotopic (exact) mass is 204 g/mol. The maximum atomic E-state index is 11.2. The van der Waals surface area contributed by atoms with Gasteiger partial charge >= 0.3 is 0 Å². The van der Waals surface area contributed by atoms with Crippen LogP contribution in [0.3, 0.4) is 0 Å². The Morgan fingerprint density at radius 2 is 2.00 bits per heavy atom. The zero-order chi connectivity index (χ0) is 8.97. The summed E-state index contributed by atoms with van der Waals surface area (Å²) in [4.78, 5) is 0.640. The molecule has 0 heterocycles. The normalized spacial score (nSPS) is 12.8. The van der Waals surface area contributed by atoms with E-state index in [1.807, 2.05) is 0 Å². The van der Waals surface area contributed by atoms with E-state index < -0.39 is 11.1 Å². The fourth-order valence-electron chi connectivity index (χ4n) is 0.721. The van der Waals surface area contributed by atoms with Crippen molar-refractivity contribution < 1.29 is 8.39 Å². The molecule has 1 aromatic rings. The Bertz CT molecular complexity index is 271. The number of hydrogen-bond acceptors (Lipinski definition) is 2. The first-order valence-corrected chi connectivity index (χ1v) is 5.00. The molecule has 0 spiro atoms. The second-order valence-electron chi connectivity index (χ2n) is 2.10. The van der Waals surface area contributed by atoms with Crippen LogP contribution in [-0.4, -0.2) is 10.8 Å². The van der Waals surface area contributed by atoms with Crippen molar-refractivity contribution in [2.24, 2.45) is 0 Å². The van der Waals surface area contributed by atoms with Crippen LogP contribution in [0.15, 0.2) is 29.2 Å². The van der Waals surface area contributed by atoms with Crippen molar-refractivity contribution in [2.75, 3.05) is 6.61 Å². The third-order valence-corrected chi connectivity index (χ3v) is 2.59. The van der Waals surface area contributed by atoms with E-state index in [2.05, 4.69) is 0 Å². The van der Waals surface area contributed by atoms with E-state index in [9.17, 15) is 4.21 Å². The number of benzene rings is 1. The smallest absolute Gasteiger partial charge is 0.189 e. The largest absolute Gasteiger partial charge is 0.287 e. The first kappa shape index (κ1) is 9.71. The van der Waals surface area contributed by atoms with Crippen LogP contribution in [0.25, 0.3) is 0 Å². The van der Waals surface area contributed by atoms with Crippen molar-refractivity contribution in [3.63, 3.8) is 0 Å². The average molecular weight is 205 g/mol. The van der Waals surface area contributed by atoms with E-state index in [1.165, 1.54) is 0 Å². The third-order valence-electron chi connectivity index (χ3n) is 1.23. The predicted molar refractivity (Wildman–Crippen MR) is 49.5 cm³/mol. The van der Waals surface area contributed by atoms with Gasteiger partial charge in [0.15, 0.2) is 11.1 Å². The second-order valence-corrected chi connectivity index (χ2v) is 3.71. The summed E-state index contributed by atoms with van der Waals surface area (Å²) in [5.41, 5.74) is 0. The molecule has 0 aliphatic rings. The highest BCUT2D eigenvalue weighted by Gasteiger charge is 2.01. The quantitative estimate of drug-likeness (QED) is 0.756. The standard InChI is InChI=1S/C8H9ClO2S/c1-2-11-12(10)8-5-3-7(9)4-6-8/h3-6H,2H2,1H3/t12-/m1/s1. The van der Waals surface area contributed by atoms with Crippen molar-refractivity contribution in [1.29, 1.82) is 0 Å². The van der Waals surface area contributed by atoms with Crippen molar-refractivity contribution in [1.82, 2.24) is 0 Å². The van der Waals surface area contributed by atoms with Crippen molar-refractivity contribution in [2.45, 2.75) is 11.8 Å². The van der Waals surface area contributed by atoms with Gasteiger partial charge in [0.05, 0.1) is 11.5 Å². The molecule has 0 unspecified atom stereocenters. The van der Waals surface area contributed by atoms with Gasteiger partial charge in [-0.15, -0.1) is 0 Å². The summed E-state index contributed by atoms with van der Waals surface area (Å²) in [5, 5.41) is 0.632. The topological polar surface area (TPSA) is 26.3 Å². The van der Waals surface area contributed by atoms with Crippen molar-refractivity contribution >= 4 is 22.7 Å². The van der Waals surface area contributed by atoms with Gasteiger partial charge in [-0.25, -0.2) is 4.21 Å². The minimum atomic E-state index is -1.35. The lowest BCUT2D eigenvalue weighted by Crippen LogP contribution is -1.96. The zero-order valence-electron chi connectivity index (χ0n) is 6.62. The average Bonchev–Trinajstić information content (AvgIpc) is 2.06. The maximum absolute atomic E-state index is 11.2. The van der Waals surface area contributed by atoms with Crippen molar-refractivity contribution in [3.8, 4) is 0 Å². The molecule has 0 radical (unpaired) electrons. The van der Waals surface area contributed by atoms with Gasteiger partial charge in [-0.05, 0) is 31.2 Å². The summed E-state index contributed by atoms with van der Waals surface area (Å²) in [6, 6.07) is 6.75. The lowest BCUT2D eigenvalue weighted by atomic mass is 10.4. The highest BCUT2D eigenvalue weighted by Crippen LogP contribution is 2.12. The first-order chi connectivity index (χ1) is 5.74. The van der Waals surface area contributed by atoms with Gasteiger partial charge in [0.2, 0.25) is 0 Å². The Balaban J connectivity index is 2.75. The van der Waals surface area contributed by atoms with Gasteiger partial charge in [0.1, 0.15) is 0 Å². The maximum Gasteiger partial charge on any atom is 0.189 e. The van der Waals surface area contributed by atoms with Gasteiger partial charge in [-0.2, -0.15) is 0 Å². The Kier molecular flexibility index (Phi) is 3.72. The lowest BCUT2D eigenvalue weighted by molar-refractivity contribution is 0.371. The molecule has 4 heteroatoms. The van der Waals surface area contributed by atoms with Gasteiger partial charge in [0, 0.05) is 5.02 Å². The molecule has 2 nitrogen and oxygen atoms in total. The van der Waals surface area contributed by atoms with E-state index in [1.54, 1.807) is 31.2 Å². The Hall–Kier alpha value is -0.380. The Morgan fingerprint density at radius 3 is 2.50 bits per heavy atom. The molecule has 0 fully saturated rings. The fourth-order valence-corrected chi connectivity index (χ4v) is 1.56. The van der Waals surface area contributed by atoms with E-state index >= 15 is 0 Å². The molecule has 0 aliphatic carbocycles. The molecule has 12 heavy (non-hydrogen) atoms. The van der Waals surface area contributed by atoms with Gasteiger partial charge in [0.25, 0.3) is 0 Å². The molecular weight excluding hydrogens is 196 g/mol. The number of halogens is 1. The van der Waals surface area contributed by atoms with Crippen LogP contribution in [0.4, 0.5) is 0 Å². The molecular formula is C8H9ClO2S. The van der Waals surface area contributed by atoms with Crippen LogP contribution in [-0.2, 0) is 15.3 Å². The molecule has 0 saturated heterocycles. The minimum Gasteiger partial charge on any atom is -0.287 e. The summed E-state index contributed by atoms with van der Waals surface area (Å²) >= 11 is 4.30. The minimum absolute atomic E-state index is 0.440. The van der Waals surface area contributed by atoms with Gasteiger partial charge in [-0.3, -0.25) is 4.18 Å². The van der Waals surface area contributed by atoms with Crippen LogP contribution in [0.1, 0.15) is 6.92 Å².